The summed E-state index contributed by atoms with van der Waals surface area (Å²) in [4.78, 5) is 22.4. The highest BCUT2D eigenvalue weighted by atomic mass is 32.2. The molecule has 3 rings (SSSR count). The lowest BCUT2D eigenvalue weighted by Gasteiger charge is -2.21. The smallest absolute Gasteiger partial charge is 0.322 e. The van der Waals surface area contributed by atoms with Crippen molar-refractivity contribution in [1.29, 1.82) is 0 Å². The minimum Gasteiger partial charge on any atom is -0.326 e. The van der Waals surface area contributed by atoms with E-state index in [1.54, 1.807) is 0 Å². The van der Waals surface area contributed by atoms with Crippen LogP contribution in [0, 0.1) is 11.8 Å². The first-order valence-electron chi connectivity index (χ1n) is 8.06. The number of carbonyl (C=O) groups excluding carboxylic acids is 2. The van der Waals surface area contributed by atoms with Crippen molar-refractivity contribution in [2.45, 2.75) is 57.0 Å². The molecule has 0 radical (unpaired) electrons. The topological polar surface area (TPSA) is 104 Å². The van der Waals surface area contributed by atoms with Crippen LogP contribution in [-0.4, -0.2) is 38.2 Å². The Labute approximate surface area is 130 Å². The van der Waals surface area contributed by atoms with Crippen molar-refractivity contribution in [1.82, 2.24) is 15.4 Å². The molecule has 0 spiro atoms. The average molecular weight is 329 g/mol. The standard InChI is InChI=1S/C14H23N3O4S/c18-13-11(15-14(19)16-13)6-7-22(20,21)17-12-8-10(12)9-4-2-1-3-5-9/h9-12,17H,1-8H2,(H2,15,16,18,19). The molecule has 3 amide bonds. The van der Waals surface area contributed by atoms with Crippen LogP contribution in [0.1, 0.15) is 44.9 Å². The molecule has 7 nitrogen and oxygen atoms in total. The lowest BCUT2D eigenvalue weighted by molar-refractivity contribution is -0.120. The van der Waals surface area contributed by atoms with Crippen LogP contribution in [0.3, 0.4) is 0 Å². The van der Waals surface area contributed by atoms with E-state index >= 15 is 0 Å². The Bertz CT molecular complexity index is 556. The first-order chi connectivity index (χ1) is 10.4. The van der Waals surface area contributed by atoms with Gasteiger partial charge in [0.05, 0.1) is 5.75 Å². The third kappa shape index (κ3) is 3.78. The second kappa shape index (κ2) is 6.16. The van der Waals surface area contributed by atoms with E-state index in [1.807, 2.05) is 0 Å². The summed E-state index contributed by atoms with van der Waals surface area (Å²) in [6, 6.07) is -1.22. The average Bonchev–Trinajstić information content (AvgIpc) is 3.14. The van der Waals surface area contributed by atoms with Crippen molar-refractivity contribution < 1.29 is 18.0 Å². The molecule has 124 valence electrons. The maximum Gasteiger partial charge on any atom is 0.322 e. The largest absolute Gasteiger partial charge is 0.326 e. The minimum absolute atomic E-state index is 0.0695. The zero-order valence-corrected chi connectivity index (χ0v) is 13.3. The Kier molecular flexibility index (Phi) is 4.40. The Morgan fingerprint density at radius 3 is 2.50 bits per heavy atom. The van der Waals surface area contributed by atoms with Gasteiger partial charge in [-0.05, 0) is 24.7 Å². The van der Waals surface area contributed by atoms with Crippen molar-refractivity contribution in [2.24, 2.45) is 11.8 Å². The molecule has 1 saturated heterocycles. The number of rotatable bonds is 6. The summed E-state index contributed by atoms with van der Waals surface area (Å²) in [5, 5.41) is 4.52. The molecule has 1 aliphatic heterocycles. The van der Waals surface area contributed by atoms with Crippen LogP contribution in [0.15, 0.2) is 0 Å². The first-order valence-corrected chi connectivity index (χ1v) is 9.71. The van der Waals surface area contributed by atoms with Crippen LogP contribution in [0.4, 0.5) is 4.79 Å². The third-order valence-corrected chi connectivity index (χ3v) is 6.39. The maximum absolute atomic E-state index is 12.1. The minimum atomic E-state index is -3.40. The summed E-state index contributed by atoms with van der Waals surface area (Å²) < 4.78 is 27.0. The molecule has 22 heavy (non-hydrogen) atoms. The Morgan fingerprint density at radius 2 is 1.86 bits per heavy atom. The highest BCUT2D eigenvalue weighted by Crippen LogP contribution is 2.44. The van der Waals surface area contributed by atoms with Gasteiger partial charge in [-0.15, -0.1) is 0 Å². The number of nitrogens with one attached hydrogen (secondary N) is 3. The van der Waals surface area contributed by atoms with Gasteiger partial charge in [0, 0.05) is 6.04 Å². The molecule has 0 aromatic carbocycles. The van der Waals surface area contributed by atoms with Crippen molar-refractivity contribution in [3.05, 3.63) is 0 Å². The highest BCUT2D eigenvalue weighted by molar-refractivity contribution is 7.89. The molecule has 0 aromatic rings. The van der Waals surface area contributed by atoms with Crippen LogP contribution in [-0.2, 0) is 14.8 Å². The van der Waals surface area contributed by atoms with Gasteiger partial charge in [0.25, 0.3) is 5.91 Å². The van der Waals surface area contributed by atoms with Crippen LogP contribution in [0.5, 0.6) is 0 Å². The molecular weight excluding hydrogens is 306 g/mol. The van der Waals surface area contributed by atoms with Gasteiger partial charge in [0.15, 0.2) is 0 Å². The van der Waals surface area contributed by atoms with Crippen LogP contribution in [0.25, 0.3) is 0 Å². The van der Waals surface area contributed by atoms with E-state index in [-0.39, 0.29) is 18.2 Å². The number of amides is 3. The van der Waals surface area contributed by atoms with Crippen LogP contribution < -0.4 is 15.4 Å². The van der Waals surface area contributed by atoms with Gasteiger partial charge in [-0.2, -0.15) is 0 Å². The molecule has 2 aliphatic carbocycles. The number of imide groups is 1. The summed E-state index contributed by atoms with van der Waals surface area (Å²) in [5.74, 6) is 0.566. The molecule has 0 bridgehead atoms. The number of hydrogen-bond acceptors (Lipinski definition) is 4. The van der Waals surface area contributed by atoms with E-state index in [0.29, 0.717) is 11.8 Å². The van der Waals surface area contributed by atoms with Gasteiger partial charge < -0.3 is 5.32 Å². The number of carbonyl (C=O) groups is 2. The molecule has 8 heteroatoms. The predicted octanol–water partition coefficient (Wildman–Crippen LogP) is 0.473. The van der Waals surface area contributed by atoms with E-state index in [1.165, 1.54) is 32.1 Å². The van der Waals surface area contributed by atoms with E-state index < -0.39 is 28.0 Å². The summed E-state index contributed by atoms with van der Waals surface area (Å²) in [5.41, 5.74) is 0. The summed E-state index contributed by atoms with van der Waals surface area (Å²) in [7, 11) is -3.40. The molecule has 3 fully saturated rings. The fraction of sp³-hybridized carbons (Fsp3) is 0.857. The Morgan fingerprint density at radius 1 is 1.14 bits per heavy atom. The summed E-state index contributed by atoms with van der Waals surface area (Å²) in [6.45, 7) is 0. The molecule has 3 atom stereocenters. The van der Waals surface area contributed by atoms with Crippen molar-refractivity contribution >= 4 is 22.0 Å². The normalized spacial score (nSPS) is 32.6. The lowest BCUT2D eigenvalue weighted by Crippen LogP contribution is -2.36. The molecule has 1 heterocycles. The van der Waals surface area contributed by atoms with Gasteiger partial charge >= 0.3 is 6.03 Å². The van der Waals surface area contributed by atoms with Gasteiger partial charge in [-0.1, -0.05) is 32.1 Å². The molecular formula is C14H23N3O4S. The monoisotopic (exact) mass is 329 g/mol. The predicted molar refractivity (Wildman–Crippen MR) is 80.5 cm³/mol. The second-order valence-corrected chi connectivity index (χ2v) is 8.52. The van der Waals surface area contributed by atoms with Gasteiger partial charge in [-0.3, -0.25) is 10.1 Å². The van der Waals surface area contributed by atoms with Gasteiger partial charge in [0.2, 0.25) is 10.0 Å². The Balaban J connectivity index is 1.44. The van der Waals surface area contributed by atoms with E-state index in [9.17, 15) is 18.0 Å². The third-order valence-electron chi connectivity index (χ3n) is 4.96. The van der Waals surface area contributed by atoms with E-state index in [0.717, 1.165) is 6.42 Å². The van der Waals surface area contributed by atoms with Crippen molar-refractivity contribution in [3.8, 4) is 0 Å². The van der Waals surface area contributed by atoms with Crippen LogP contribution in [0.2, 0.25) is 0 Å². The quantitative estimate of drug-likeness (QED) is 0.616. The fourth-order valence-corrected chi connectivity index (χ4v) is 5.05. The van der Waals surface area contributed by atoms with Crippen molar-refractivity contribution in [3.63, 3.8) is 0 Å². The second-order valence-electron chi connectivity index (χ2n) is 6.64. The lowest BCUT2D eigenvalue weighted by atomic mass is 9.86. The zero-order valence-electron chi connectivity index (χ0n) is 12.5. The molecule has 3 N–H and O–H groups in total. The van der Waals surface area contributed by atoms with E-state index in [2.05, 4.69) is 15.4 Å². The van der Waals surface area contributed by atoms with Crippen molar-refractivity contribution in [2.75, 3.05) is 5.75 Å². The molecule has 0 aromatic heterocycles. The van der Waals surface area contributed by atoms with Gasteiger partial charge in [0.1, 0.15) is 6.04 Å². The Hall–Kier alpha value is -1.15. The summed E-state index contributed by atoms with van der Waals surface area (Å²) in [6.07, 6.45) is 7.30. The zero-order chi connectivity index (χ0) is 15.7. The highest BCUT2D eigenvalue weighted by Gasteiger charge is 2.45. The molecule has 3 aliphatic rings. The molecule has 2 saturated carbocycles. The first kappa shape index (κ1) is 15.7. The number of sulfonamides is 1. The number of hydrogen-bond donors (Lipinski definition) is 3. The molecule has 3 unspecified atom stereocenters. The maximum atomic E-state index is 12.1. The fourth-order valence-electron chi connectivity index (χ4n) is 3.66. The summed E-state index contributed by atoms with van der Waals surface area (Å²) >= 11 is 0. The van der Waals surface area contributed by atoms with E-state index in [4.69, 9.17) is 0 Å². The van der Waals surface area contributed by atoms with Crippen LogP contribution >= 0.6 is 0 Å². The van der Waals surface area contributed by atoms with Gasteiger partial charge in [-0.25, -0.2) is 17.9 Å². The number of urea groups is 1. The SMILES string of the molecule is O=C1NC(=O)C(CCS(=O)(=O)NC2CC2C2CCCCC2)N1.